The van der Waals surface area contributed by atoms with Crippen molar-refractivity contribution in [3.63, 3.8) is 0 Å². The van der Waals surface area contributed by atoms with E-state index in [4.69, 9.17) is 13.9 Å². The molecule has 0 aliphatic carbocycles. The topological polar surface area (TPSA) is 75.6 Å². The largest absolute Gasteiger partial charge is 0.459 e. The van der Waals surface area contributed by atoms with Gasteiger partial charge in [-0.05, 0) is 73.2 Å². The lowest BCUT2D eigenvalue weighted by Crippen LogP contribution is -2.09. The van der Waals surface area contributed by atoms with Gasteiger partial charge in [0.05, 0.1) is 0 Å². The van der Waals surface area contributed by atoms with Crippen molar-refractivity contribution >= 4 is 17.7 Å². The Balaban J connectivity index is 1.45. The van der Waals surface area contributed by atoms with E-state index in [1.54, 1.807) is 42.5 Å². The molecule has 0 fully saturated rings. The molecule has 0 saturated heterocycles. The molecule has 0 aliphatic rings. The Labute approximate surface area is 178 Å². The molecule has 2 N–H and O–H groups in total. The van der Waals surface area contributed by atoms with E-state index in [1.807, 2.05) is 25.1 Å². The van der Waals surface area contributed by atoms with Crippen LogP contribution >= 0.6 is 0 Å². The summed E-state index contributed by atoms with van der Waals surface area (Å²) in [6.45, 7) is 1.72. The van der Waals surface area contributed by atoms with E-state index in [9.17, 15) is 9.18 Å². The lowest BCUT2D eigenvalue weighted by molar-refractivity contribution is -0.111. The van der Waals surface area contributed by atoms with Gasteiger partial charge in [-0.15, -0.1) is 0 Å². The first-order valence-corrected chi connectivity index (χ1v) is 9.67. The molecule has 5 nitrogen and oxygen atoms in total. The highest BCUT2D eigenvalue weighted by molar-refractivity contribution is 6.02. The van der Waals surface area contributed by atoms with E-state index >= 15 is 0 Å². The summed E-state index contributed by atoms with van der Waals surface area (Å²) in [7, 11) is 0. The lowest BCUT2D eigenvalue weighted by Gasteiger charge is -2.08. The summed E-state index contributed by atoms with van der Waals surface area (Å²) < 4.78 is 24.3. The second-order valence-electron chi connectivity index (χ2n) is 6.99. The molecule has 0 bridgehead atoms. The van der Waals surface area contributed by atoms with E-state index in [2.05, 4.69) is 5.32 Å². The fourth-order valence-electron chi connectivity index (χ4n) is 3.07. The summed E-state index contributed by atoms with van der Waals surface area (Å²) in [4.78, 5) is 12.4. The minimum atomic E-state index is -0.313. The highest BCUT2D eigenvalue weighted by Crippen LogP contribution is 2.27. The predicted molar refractivity (Wildman–Crippen MR) is 117 cm³/mol. The number of anilines is 1. The molecule has 2 heterocycles. The molecule has 4 rings (SSSR count). The van der Waals surface area contributed by atoms with Gasteiger partial charge in [0.1, 0.15) is 35.5 Å². The fourth-order valence-corrected chi connectivity index (χ4v) is 3.07. The van der Waals surface area contributed by atoms with Crippen LogP contribution in [0.4, 0.5) is 10.1 Å². The summed E-state index contributed by atoms with van der Waals surface area (Å²) in [5.41, 5.74) is 3.09. The minimum Gasteiger partial charge on any atom is -0.459 e. The maximum Gasteiger partial charge on any atom is 0.248 e. The maximum atomic E-state index is 13.1. The number of aliphatic hydroxyl groups is 1. The van der Waals surface area contributed by atoms with Gasteiger partial charge in [-0.1, -0.05) is 12.1 Å². The first-order valence-electron chi connectivity index (χ1n) is 9.67. The number of hydrogen-bond donors (Lipinski definition) is 2. The van der Waals surface area contributed by atoms with E-state index < -0.39 is 0 Å². The van der Waals surface area contributed by atoms with Crippen molar-refractivity contribution in [2.45, 2.75) is 13.5 Å². The highest BCUT2D eigenvalue weighted by Gasteiger charge is 2.09. The molecule has 2 aromatic carbocycles. The van der Waals surface area contributed by atoms with Gasteiger partial charge in [0.25, 0.3) is 0 Å². The molecule has 4 aromatic rings. The number of nitrogens with one attached hydrogen (secondary N) is 1. The van der Waals surface area contributed by atoms with E-state index in [1.165, 1.54) is 18.2 Å². The fraction of sp³-hybridized carbons (Fsp3) is 0.0800. The number of rotatable bonds is 6. The van der Waals surface area contributed by atoms with Crippen LogP contribution in [0.2, 0.25) is 0 Å². The number of carbonyl (C=O) groups excluding carboxylic acids is 1. The zero-order valence-electron chi connectivity index (χ0n) is 16.8. The molecule has 156 valence electrons. The third-order valence-corrected chi connectivity index (χ3v) is 4.75. The number of aliphatic hydroxyl groups excluding tert-OH is 1. The molecule has 0 saturated carbocycles. The van der Waals surface area contributed by atoms with Crippen LogP contribution < -0.4 is 5.32 Å². The standard InChI is InChI=1S/C25H20FNO4/c1-16-2-3-18(24-12-9-21(15-28)31-24)14-22(16)27-25(29)13-10-20-8-11-23(30-20)17-4-6-19(26)7-5-17/h2-14,28H,15H2,1H3,(H,27,29)/b13-10+. The van der Waals surface area contributed by atoms with Gasteiger partial charge in [-0.25, -0.2) is 4.39 Å². The first kappa shape index (κ1) is 20.4. The zero-order valence-corrected chi connectivity index (χ0v) is 16.8. The average Bonchev–Trinajstić information content (AvgIpc) is 3.44. The van der Waals surface area contributed by atoms with E-state index in [0.29, 0.717) is 28.7 Å². The van der Waals surface area contributed by atoms with E-state index in [-0.39, 0.29) is 18.3 Å². The van der Waals surface area contributed by atoms with Gasteiger partial charge in [-0.2, -0.15) is 0 Å². The average molecular weight is 417 g/mol. The number of carbonyl (C=O) groups is 1. The molecular formula is C25H20FNO4. The van der Waals surface area contributed by atoms with E-state index in [0.717, 1.165) is 16.7 Å². The summed E-state index contributed by atoms with van der Waals surface area (Å²) in [6.07, 6.45) is 2.96. The van der Waals surface area contributed by atoms with Gasteiger partial charge in [0.2, 0.25) is 5.91 Å². The Bertz CT molecular complexity index is 1230. The summed E-state index contributed by atoms with van der Waals surface area (Å²) in [5, 5.41) is 12.0. The predicted octanol–water partition coefficient (Wildman–Crippen LogP) is 5.80. The van der Waals surface area contributed by atoms with Gasteiger partial charge in [-0.3, -0.25) is 4.79 Å². The van der Waals surface area contributed by atoms with Crippen LogP contribution in [0.25, 0.3) is 28.7 Å². The summed E-state index contributed by atoms with van der Waals surface area (Å²) in [6, 6.07) is 18.6. The molecule has 31 heavy (non-hydrogen) atoms. The van der Waals surface area contributed by atoms with Crippen LogP contribution in [-0.4, -0.2) is 11.0 Å². The lowest BCUT2D eigenvalue weighted by atomic mass is 10.1. The molecule has 1 amide bonds. The number of amides is 1. The number of benzene rings is 2. The molecule has 6 heteroatoms. The Hall–Kier alpha value is -3.90. The molecule has 2 aromatic heterocycles. The third-order valence-electron chi connectivity index (χ3n) is 4.75. The third kappa shape index (κ3) is 4.82. The van der Waals surface area contributed by atoms with Crippen molar-refractivity contribution in [2.75, 3.05) is 5.32 Å². The number of furan rings is 2. The molecule has 0 radical (unpaired) electrons. The van der Waals surface area contributed by atoms with Crippen molar-refractivity contribution < 1.29 is 23.1 Å². The van der Waals surface area contributed by atoms with Crippen molar-refractivity contribution in [2.24, 2.45) is 0 Å². The van der Waals surface area contributed by atoms with Crippen LogP contribution in [0, 0.1) is 12.7 Å². The second kappa shape index (κ2) is 8.85. The van der Waals surface area contributed by atoms with Gasteiger partial charge in [0, 0.05) is 22.9 Å². The van der Waals surface area contributed by atoms with Crippen molar-refractivity contribution in [1.29, 1.82) is 0 Å². The van der Waals surface area contributed by atoms with Crippen molar-refractivity contribution in [3.8, 4) is 22.6 Å². The highest BCUT2D eigenvalue weighted by atomic mass is 19.1. The normalized spacial score (nSPS) is 11.2. The summed E-state index contributed by atoms with van der Waals surface area (Å²) in [5.74, 6) is 1.56. The van der Waals surface area contributed by atoms with Crippen LogP contribution in [0.1, 0.15) is 17.1 Å². The van der Waals surface area contributed by atoms with Gasteiger partial charge < -0.3 is 19.3 Å². The van der Waals surface area contributed by atoms with Crippen molar-refractivity contribution in [1.82, 2.24) is 0 Å². The molecule has 0 aliphatic heterocycles. The Morgan fingerprint density at radius 1 is 0.968 bits per heavy atom. The molecule has 0 atom stereocenters. The Kier molecular flexibility index (Phi) is 5.82. The number of aryl methyl sites for hydroxylation is 1. The Morgan fingerprint density at radius 2 is 1.68 bits per heavy atom. The van der Waals surface area contributed by atoms with Crippen LogP contribution in [0.5, 0.6) is 0 Å². The quantitative estimate of drug-likeness (QED) is 0.389. The molecular weight excluding hydrogens is 397 g/mol. The minimum absolute atomic E-state index is 0.171. The molecule has 0 unspecified atom stereocenters. The number of halogens is 1. The number of hydrogen-bond acceptors (Lipinski definition) is 4. The summed E-state index contributed by atoms with van der Waals surface area (Å²) >= 11 is 0. The van der Waals surface area contributed by atoms with Crippen molar-refractivity contribution in [3.05, 3.63) is 95.7 Å². The Morgan fingerprint density at radius 3 is 2.42 bits per heavy atom. The van der Waals surface area contributed by atoms with Gasteiger partial charge >= 0.3 is 0 Å². The zero-order chi connectivity index (χ0) is 21.8. The van der Waals surface area contributed by atoms with Gasteiger partial charge in [0.15, 0.2) is 0 Å². The van der Waals surface area contributed by atoms with Crippen LogP contribution in [-0.2, 0) is 11.4 Å². The van der Waals surface area contributed by atoms with Crippen LogP contribution in [0.15, 0.2) is 81.6 Å². The SMILES string of the molecule is Cc1ccc(-c2ccc(CO)o2)cc1NC(=O)/C=C/c1ccc(-c2ccc(F)cc2)o1. The maximum absolute atomic E-state index is 13.1. The molecule has 0 spiro atoms. The smallest absolute Gasteiger partial charge is 0.248 e. The second-order valence-corrected chi connectivity index (χ2v) is 6.99. The monoisotopic (exact) mass is 417 g/mol. The first-order chi connectivity index (χ1) is 15.0. The van der Waals surface area contributed by atoms with Crippen LogP contribution in [0.3, 0.4) is 0 Å².